The van der Waals surface area contributed by atoms with Crippen LogP contribution in [0.5, 0.6) is 0 Å². The molecule has 2 unspecified atom stereocenters. The van der Waals surface area contributed by atoms with Crippen LogP contribution in [0.25, 0.3) is 0 Å². The average molecular weight is 308 g/mol. The molecular weight excluding hydrogens is 288 g/mol. The van der Waals surface area contributed by atoms with Gasteiger partial charge in [-0.15, -0.1) is 0 Å². The maximum Gasteiger partial charge on any atom is 0.421 e. The molecule has 9 heteroatoms. The number of carbonyl (C=O) groups excluding carboxylic acids is 1. The number of nitrogens with zero attached hydrogens (tertiary/aromatic N) is 1. The van der Waals surface area contributed by atoms with Crippen molar-refractivity contribution < 1.29 is 27.9 Å². The predicted molar refractivity (Wildman–Crippen MR) is 70.2 cm³/mol. The molecule has 0 aromatic carbocycles. The number of hydrogen-bond acceptors (Lipinski definition) is 5. The highest BCUT2D eigenvalue weighted by atomic mass is 32.2. The number of hydrogen-bond donors (Lipinski definition) is 2. The van der Waals surface area contributed by atoms with Gasteiger partial charge in [-0.25, -0.2) is 9.52 Å². The fourth-order valence-electron chi connectivity index (χ4n) is 2.31. The van der Waals surface area contributed by atoms with Crippen molar-refractivity contribution in [2.45, 2.75) is 26.2 Å². The van der Waals surface area contributed by atoms with Crippen LogP contribution < -0.4 is 4.72 Å². The van der Waals surface area contributed by atoms with E-state index in [2.05, 4.69) is 4.74 Å². The molecular formula is C11H20N2O6S. The minimum atomic E-state index is -3.93. The summed E-state index contributed by atoms with van der Waals surface area (Å²) in [5.41, 5.74) is 0. The largest absolute Gasteiger partial charge is 0.481 e. The van der Waals surface area contributed by atoms with Crippen molar-refractivity contribution in [3.8, 4) is 0 Å². The Labute approximate surface area is 118 Å². The highest BCUT2D eigenvalue weighted by Gasteiger charge is 2.33. The summed E-state index contributed by atoms with van der Waals surface area (Å²) in [6, 6.07) is 0. The number of carbonyl (C=O) groups is 2. The number of methoxy groups -OCH3 is 1. The predicted octanol–water partition coefficient (Wildman–Crippen LogP) is 0.410. The number of nitrogens with one attached hydrogen (secondary N) is 1. The average Bonchev–Trinajstić information content (AvgIpc) is 2.37. The molecule has 0 radical (unpaired) electrons. The van der Waals surface area contributed by atoms with Crippen LogP contribution in [0.3, 0.4) is 0 Å². The highest BCUT2D eigenvalue weighted by Crippen LogP contribution is 2.27. The van der Waals surface area contributed by atoms with E-state index in [0.717, 1.165) is 17.8 Å². The van der Waals surface area contributed by atoms with E-state index in [4.69, 9.17) is 5.11 Å². The second kappa shape index (κ2) is 6.89. The van der Waals surface area contributed by atoms with Gasteiger partial charge in [-0.2, -0.15) is 12.7 Å². The summed E-state index contributed by atoms with van der Waals surface area (Å²) in [7, 11) is -2.85. The summed E-state index contributed by atoms with van der Waals surface area (Å²) >= 11 is 0. The summed E-state index contributed by atoms with van der Waals surface area (Å²) in [4.78, 5) is 21.7. The van der Waals surface area contributed by atoms with Gasteiger partial charge in [-0.1, -0.05) is 6.92 Å². The zero-order valence-electron chi connectivity index (χ0n) is 11.5. The second-order valence-corrected chi connectivity index (χ2v) is 6.60. The van der Waals surface area contributed by atoms with E-state index in [-0.39, 0.29) is 24.8 Å². The third-order valence-corrected chi connectivity index (χ3v) is 4.90. The molecule has 0 bridgehead atoms. The standard InChI is InChI=1S/C11H20N2O6S/c1-8(6-10(14)15)9-4-3-5-13(7-9)20(17,18)12-11(16)19-2/h8-9H,3-7H2,1-2H3,(H,12,16)(H,14,15). The number of ether oxygens (including phenoxy) is 1. The monoisotopic (exact) mass is 308 g/mol. The van der Waals surface area contributed by atoms with Gasteiger partial charge in [0.2, 0.25) is 0 Å². The van der Waals surface area contributed by atoms with Crippen molar-refractivity contribution in [2.24, 2.45) is 11.8 Å². The number of carboxylic acid groups (broad SMARTS) is 1. The first-order valence-electron chi connectivity index (χ1n) is 6.34. The first kappa shape index (κ1) is 16.7. The minimum absolute atomic E-state index is 0.00296. The van der Waals surface area contributed by atoms with Crippen LogP contribution in [0.15, 0.2) is 0 Å². The van der Waals surface area contributed by atoms with Crippen molar-refractivity contribution in [1.29, 1.82) is 0 Å². The van der Waals surface area contributed by atoms with Crippen LogP contribution in [0.4, 0.5) is 4.79 Å². The highest BCUT2D eigenvalue weighted by molar-refractivity contribution is 7.87. The molecule has 1 saturated heterocycles. The number of amides is 1. The quantitative estimate of drug-likeness (QED) is 0.760. The SMILES string of the molecule is COC(=O)NS(=O)(=O)N1CCCC(C(C)CC(=O)O)C1. The Bertz CT molecular complexity index is 464. The van der Waals surface area contributed by atoms with Crippen LogP contribution in [0, 0.1) is 11.8 Å². The summed E-state index contributed by atoms with van der Waals surface area (Å²) in [5, 5.41) is 8.79. The van der Waals surface area contributed by atoms with Crippen LogP contribution in [-0.2, 0) is 19.7 Å². The van der Waals surface area contributed by atoms with Gasteiger partial charge >= 0.3 is 22.3 Å². The number of piperidine rings is 1. The van der Waals surface area contributed by atoms with Gasteiger partial charge in [-0.05, 0) is 24.7 Å². The molecule has 1 aliphatic rings. The zero-order valence-corrected chi connectivity index (χ0v) is 12.4. The van der Waals surface area contributed by atoms with Crippen LogP contribution in [0.2, 0.25) is 0 Å². The maximum atomic E-state index is 11.9. The van der Waals surface area contributed by atoms with Crippen LogP contribution >= 0.6 is 0 Å². The van der Waals surface area contributed by atoms with Crippen molar-refractivity contribution in [1.82, 2.24) is 9.03 Å². The Morgan fingerprint density at radius 1 is 1.50 bits per heavy atom. The Morgan fingerprint density at radius 2 is 2.15 bits per heavy atom. The van der Waals surface area contributed by atoms with Gasteiger partial charge < -0.3 is 9.84 Å². The van der Waals surface area contributed by atoms with E-state index < -0.39 is 22.3 Å². The summed E-state index contributed by atoms with van der Waals surface area (Å²) < 4.78 is 31.1. The van der Waals surface area contributed by atoms with Crippen molar-refractivity contribution in [2.75, 3.05) is 20.2 Å². The lowest BCUT2D eigenvalue weighted by atomic mass is 9.85. The summed E-state index contributed by atoms with van der Waals surface area (Å²) in [5.74, 6) is -1.05. The molecule has 20 heavy (non-hydrogen) atoms. The molecule has 1 amide bonds. The minimum Gasteiger partial charge on any atom is -0.481 e. The molecule has 2 atom stereocenters. The second-order valence-electron chi connectivity index (χ2n) is 4.93. The first-order chi connectivity index (χ1) is 9.26. The van der Waals surface area contributed by atoms with Gasteiger partial charge in [0.1, 0.15) is 0 Å². The summed E-state index contributed by atoms with van der Waals surface area (Å²) in [6.45, 7) is 2.31. The van der Waals surface area contributed by atoms with Gasteiger partial charge in [0.25, 0.3) is 0 Å². The molecule has 0 spiro atoms. The fourth-order valence-corrected chi connectivity index (χ4v) is 3.49. The normalized spacial score (nSPS) is 22.0. The Morgan fingerprint density at radius 3 is 2.70 bits per heavy atom. The van der Waals surface area contributed by atoms with E-state index in [1.54, 1.807) is 11.6 Å². The number of aliphatic carboxylic acids is 1. The van der Waals surface area contributed by atoms with Crippen LogP contribution in [0.1, 0.15) is 26.2 Å². The fraction of sp³-hybridized carbons (Fsp3) is 0.818. The van der Waals surface area contributed by atoms with Crippen molar-refractivity contribution >= 4 is 22.3 Å². The van der Waals surface area contributed by atoms with Gasteiger partial charge in [-0.3, -0.25) is 4.79 Å². The molecule has 0 aromatic rings. The molecule has 1 aliphatic heterocycles. The van der Waals surface area contributed by atoms with Gasteiger partial charge in [0.05, 0.1) is 7.11 Å². The van der Waals surface area contributed by atoms with E-state index in [1.807, 2.05) is 0 Å². The molecule has 1 fully saturated rings. The molecule has 0 aliphatic carbocycles. The Balaban J connectivity index is 2.68. The van der Waals surface area contributed by atoms with E-state index in [9.17, 15) is 18.0 Å². The molecule has 0 saturated carbocycles. The number of carboxylic acids is 1. The molecule has 1 heterocycles. The molecule has 0 aromatic heterocycles. The molecule has 1 rings (SSSR count). The van der Waals surface area contributed by atoms with E-state index in [0.29, 0.717) is 13.0 Å². The third kappa shape index (κ3) is 4.64. The zero-order chi connectivity index (χ0) is 15.3. The number of rotatable bonds is 5. The molecule has 116 valence electrons. The van der Waals surface area contributed by atoms with E-state index in [1.165, 1.54) is 0 Å². The van der Waals surface area contributed by atoms with Crippen LogP contribution in [-0.4, -0.2) is 50.1 Å². The lowest BCUT2D eigenvalue weighted by Crippen LogP contribution is -2.48. The summed E-state index contributed by atoms with van der Waals surface area (Å²) in [6.07, 6.45) is 0.379. The molecule has 8 nitrogen and oxygen atoms in total. The Kier molecular flexibility index (Phi) is 5.75. The topological polar surface area (TPSA) is 113 Å². The first-order valence-corrected chi connectivity index (χ1v) is 7.78. The van der Waals surface area contributed by atoms with Crippen molar-refractivity contribution in [3.63, 3.8) is 0 Å². The maximum absolute atomic E-state index is 11.9. The van der Waals surface area contributed by atoms with E-state index >= 15 is 0 Å². The van der Waals surface area contributed by atoms with Crippen molar-refractivity contribution in [3.05, 3.63) is 0 Å². The lowest BCUT2D eigenvalue weighted by Gasteiger charge is -2.34. The van der Waals surface area contributed by atoms with Gasteiger partial charge in [0, 0.05) is 19.5 Å². The Hall–Kier alpha value is -1.35. The van der Waals surface area contributed by atoms with Gasteiger partial charge in [0.15, 0.2) is 0 Å². The third-order valence-electron chi connectivity index (χ3n) is 3.46. The molecule has 2 N–H and O–H groups in total. The smallest absolute Gasteiger partial charge is 0.421 e. The lowest BCUT2D eigenvalue weighted by molar-refractivity contribution is -0.138.